The van der Waals surface area contributed by atoms with Gasteiger partial charge in [0.25, 0.3) is 0 Å². The molecule has 13 aromatic carbocycles. The summed E-state index contributed by atoms with van der Waals surface area (Å²) in [6, 6.07) is 97.5. The van der Waals surface area contributed by atoms with Crippen molar-refractivity contribution in [2.75, 3.05) is 0 Å². The van der Waals surface area contributed by atoms with E-state index in [0.29, 0.717) is 11.0 Å². The second kappa shape index (κ2) is 25.2. The summed E-state index contributed by atoms with van der Waals surface area (Å²) < 4.78 is 3.47. The molecule has 2 N–H and O–H groups in total. The molecule has 508 valence electrons. The van der Waals surface area contributed by atoms with Crippen LogP contribution in [0, 0.1) is 0 Å². The van der Waals surface area contributed by atoms with Gasteiger partial charge in [-0.05, 0) is 218 Å². The van der Waals surface area contributed by atoms with Gasteiger partial charge in [-0.2, -0.15) is 0 Å². The van der Waals surface area contributed by atoms with Gasteiger partial charge in [-0.25, -0.2) is 19.9 Å². The zero-order valence-electron chi connectivity index (χ0n) is 62.2. The van der Waals surface area contributed by atoms with Crippen molar-refractivity contribution in [3.8, 4) is 128 Å². The van der Waals surface area contributed by atoms with Gasteiger partial charge >= 0.3 is 37.7 Å². The van der Waals surface area contributed by atoms with Crippen LogP contribution >= 0.6 is 11.3 Å². The van der Waals surface area contributed by atoms with Gasteiger partial charge in [0, 0.05) is 50.6 Å². The van der Waals surface area contributed by atoms with Crippen LogP contribution in [0.25, 0.3) is 160 Å². The minimum absolute atomic E-state index is 0. The SMILES string of the molecule is CC1(C)c2cc(-c3ccc(-c4nc5ccccc5n4-c4ccccc4)cc3)ccc2-c2ccc3c(c21)C(C)(C)c1cc(-c2ccc([O-])c4[nH+]cccc24)ccc1-3.CC1(C)c2cc(-c3ccc(-c4nc5ccccc5s4)cc3)ccc2-c2ccc3c(c21)C(C)(C)c1cc(-c2ccc([O-])c4[nH+]cccc24)ccc1-3.[Li+].[Li+]. The Morgan fingerprint density at radius 1 is 0.315 bits per heavy atom. The van der Waals surface area contributed by atoms with Gasteiger partial charge in [-0.3, -0.25) is 4.57 Å². The molecule has 21 rings (SSSR count). The van der Waals surface area contributed by atoms with E-state index in [0.717, 1.165) is 77.2 Å². The first kappa shape index (κ1) is 68.6. The number of imidazole rings is 1. The standard InChI is InChI=1S/C52H39N3O.C46H34N2OS.2Li/c1-51(2)42-29-33(31-16-18-32(19-17-31)50-54-44-14-8-9-15-45(44)55(50)35-11-6-5-7-12-35)20-22-37(42)39-24-25-40-38-23-21-34(30-43(38)52(3,4)48(40)47(39)51)36-26-27-46(56)49-41(36)13-10-28-53-49;1-45(2)36-24-28(26-11-13-27(14-12-26)44-48-38-9-5-6-10-40(38)50-44)15-17-31(36)33-19-20-34-32-18-16-29(25-37(32)46(3,4)42(34)41(33)45)30-21-22-39(49)43-35(30)8-7-23-47-43;;/h5-30,56H,1-4H3;5-25,49H,1-4H3;;/q;;2*+1. The number of thiazole rings is 1. The molecule has 17 aromatic rings. The van der Waals surface area contributed by atoms with Gasteiger partial charge in [-0.15, -0.1) is 11.3 Å². The summed E-state index contributed by atoms with van der Waals surface area (Å²) in [4.78, 5) is 16.3. The Balaban J connectivity index is 0.000000150. The molecule has 0 amide bonds. The maximum Gasteiger partial charge on any atom is 1.00 e. The second-order valence-electron chi connectivity index (χ2n) is 31.2. The topological polar surface area (TPSA) is 105 Å². The molecule has 108 heavy (non-hydrogen) atoms. The Labute approximate surface area is 656 Å². The minimum atomic E-state index is -0.222. The van der Waals surface area contributed by atoms with Gasteiger partial charge in [0.1, 0.15) is 10.8 Å². The van der Waals surface area contributed by atoms with Crippen molar-refractivity contribution < 1.29 is 57.9 Å². The predicted molar refractivity (Wildman–Crippen MR) is 431 cm³/mol. The molecule has 0 saturated carbocycles. The maximum absolute atomic E-state index is 12.7. The van der Waals surface area contributed by atoms with E-state index in [2.05, 4.69) is 282 Å². The van der Waals surface area contributed by atoms with E-state index in [1.54, 1.807) is 23.5 Å². The van der Waals surface area contributed by atoms with Crippen LogP contribution in [0.4, 0.5) is 0 Å². The molecule has 7 nitrogen and oxygen atoms in total. The molecule has 0 spiro atoms. The first-order valence-electron chi connectivity index (χ1n) is 36.7. The molecule has 4 aliphatic carbocycles. The van der Waals surface area contributed by atoms with E-state index in [9.17, 15) is 10.2 Å². The summed E-state index contributed by atoms with van der Waals surface area (Å²) in [5.41, 5.74) is 37.9. The summed E-state index contributed by atoms with van der Waals surface area (Å²) in [6.45, 7) is 19.1. The van der Waals surface area contributed by atoms with Crippen LogP contribution in [0.15, 0.2) is 285 Å². The summed E-state index contributed by atoms with van der Waals surface area (Å²) in [6.07, 6.45) is 3.64. The summed E-state index contributed by atoms with van der Waals surface area (Å²) in [5.74, 6) is 0.961. The molecule has 10 heteroatoms. The average Bonchev–Trinajstić information content (AvgIpc) is 1.53. The van der Waals surface area contributed by atoms with Crippen molar-refractivity contribution in [2.24, 2.45) is 0 Å². The fourth-order valence-corrected chi connectivity index (χ4v) is 19.7. The Bertz CT molecular complexity index is 6570. The van der Waals surface area contributed by atoms with Gasteiger partial charge in [-0.1, -0.05) is 243 Å². The van der Waals surface area contributed by atoms with Crippen LogP contribution in [-0.4, -0.2) is 14.5 Å². The van der Waals surface area contributed by atoms with Crippen molar-refractivity contribution in [3.63, 3.8) is 0 Å². The molecule has 0 unspecified atom stereocenters. The third-order valence-electron chi connectivity index (χ3n) is 23.9. The molecule has 0 radical (unpaired) electrons. The zero-order chi connectivity index (χ0) is 71.9. The van der Waals surface area contributed by atoms with Crippen molar-refractivity contribution >= 4 is 54.4 Å². The van der Waals surface area contributed by atoms with Gasteiger partial charge in [0.05, 0.1) is 32.0 Å². The molecule has 0 bridgehead atoms. The average molecular weight is 1400 g/mol. The number of pyridine rings is 2. The molecule has 4 heterocycles. The number of para-hydroxylation sites is 4. The maximum atomic E-state index is 12.7. The molecule has 0 aliphatic heterocycles. The molecule has 0 atom stereocenters. The van der Waals surface area contributed by atoms with Crippen molar-refractivity contribution in [1.82, 2.24) is 14.5 Å². The zero-order valence-corrected chi connectivity index (χ0v) is 63.0. The van der Waals surface area contributed by atoms with Crippen LogP contribution in [0.1, 0.15) is 99.9 Å². The van der Waals surface area contributed by atoms with Crippen molar-refractivity contribution in [3.05, 3.63) is 330 Å². The van der Waals surface area contributed by atoms with Crippen LogP contribution in [0.3, 0.4) is 0 Å². The normalized spacial score (nSPS) is 14.3. The number of hydrogen-bond acceptors (Lipinski definition) is 5. The second-order valence-corrected chi connectivity index (χ2v) is 32.3. The molecule has 0 fully saturated rings. The molecule has 4 aromatic heterocycles. The number of nitrogens with one attached hydrogen (secondary N) is 2. The van der Waals surface area contributed by atoms with E-state index in [4.69, 9.17) is 9.97 Å². The first-order chi connectivity index (χ1) is 51.4. The first-order valence-corrected chi connectivity index (χ1v) is 37.5. The van der Waals surface area contributed by atoms with E-state index < -0.39 is 0 Å². The Morgan fingerprint density at radius 2 is 0.676 bits per heavy atom. The summed E-state index contributed by atoms with van der Waals surface area (Å²) in [7, 11) is 0. The Morgan fingerprint density at radius 3 is 1.13 bits per heavy atom. The number of hydrogen-bond donors (Lipinski definition) is 0. The third-order valence-corrected chi connectivity index (χ3v) is 24.9. The Kier molecular flexibility index (Phi) is 16.0. The van der Waals surface area contributed by atoms with E-state index >= 15 is 0 Å². The Hall–Kier alpha value is -11.2. The quantitative estimate of drug-likeness (QED) is 0.148. The van der Waals surface area contributed by atoms with Crippen LogP contribution in [0.2, 0.25) is 0 Å². The summed E-state index contributed by atoms with van der Waals surface area (Å²) >= 11 is 1.74. The number of nitrogens with zero attached hydrogens (tertiary/aromatic N) is 3. The summed E-state index contributed by atoms with van der Waals surface area (Å²) in [5, 5.41) is 28.3. The van der Waals surface area contributed by atoms with Gasteiger partial charge in [0.2, 0.25) is 11.0 Å². The van der Waals surface area contributed by atoms with Crippen LogP contribution < -0.4 is 57.9 Å². The number of aromatic amines is 2. The number of benzene rings is 13. The fraction of sp³-hybridized carbons (Fsp3) is 0.122. The number of rotatable bonds is 7. The van der Waals surface area contributed by atoms with E-state index in [1.807, 2.05) is 60.9 Å². The molecule has 0 saturated heterocycles. The monoisotopic (exact) mass is 1400 g/mol. The predicted octanol–water partition coefficient (Wildman–Crippen LogP) is 16.6. The van der Waals surface area contributed by atoms with E-state index in [1.165, 1.54) is 116 Å². The van der Waals surface area contributed by atoms with Crippen LogP contribution in [-0.2, 0) is 21.7 Å². The minimum Gasteiger partial charge on any atom is -0.868 e. The van der Waals surface area contributed by atoms with Gasteiger partial charge < -0.3 is 10.2 Å². The molecule has 4 aliphatic rings. The van der Waals surface area contributed by atoms with Gasteiger partial charge in [0.15, 0.2) is 12.4 Å². The van der Waals surface area contributed by atoms with Crippen molar-refractivity contribution in [1.29, 1.82) is 0 Å². The van der Waals surface area contributed by atoms with E-state index in [-0.39, 0.29) is 70.9 Å². The largest absolute Gasteiger partial charge is 1.00 e. The smallest absolute Gasteiger partial charge is 0.868 e. The number of aromatic nitrogens is 5. The molecular weight excluding hydrogens is 1330 g/mol. The fourth-order valence-electron chi connectivity index (χ4n) is 18.7. The third kappa shape index (κ3) is 10.3. The molecular formula is C98H73Li2N5O2S+2. The van der Waals surface area contributed by atoms with Crippen LogP contribution in [0.5, 0.6) is 11.5 Å². The number of H-pyrrole nitrogens is 2. The number of fused-ring (bicyclic) bond motifs is 18. The van der Waals surface area contributed by atoms with Crippen molar-refractivity contribution in [2.45, 2.75) is 77.0 Å².